The van der Waals surface area contributed by atoms with Gasteiger partial charge in [-0.15, -0.1) is 0 Å². The topological polar surface area (TPSA) is 67.6 Å². The fourth-order valence-electron chi connectivity index (χ4n) is 3.44. The Morgan fingerprint density at radius 1 is 1.29 bits per heavy atom. The van der Waals surface area contributed by atoms with Crippen molar-refractivity contribution < 1.29 is 9.53 Å². The van der Waals surface area contributed by atoms with Gasteiger partial charge in [0.05, 0.1) is 6.10 Å². The van der Waals surface area contributed by atoms with Crippen LogP contribution >= 0.6 is 0 Å². The lowest BCUT2D eigenvalue weighted by atomic mass is 9.90. The zero-order chi connectivity index (χ0) is 15.3. The van der Waals surface area contributed by atoms with Crippen LogP contribution in [-0.2, 0) is 9.53 Å². The molecule has 1 amide bonds. The molecule has 21 heavy (non-hydrogen) atoms. The van der Waals surface area contributed by atoms with Gasteiger partial charge in [0.2, 0.25) is 5.91 Å². The molecule has 1 heterocycles. The molecule has 0 radical (unpaired) electrons. The number of carbonyl (C=O) groups excluding carboxylic acids is 1. The van der Waals surface area contributed by atoms with E-state index in [1.165, 1.54) is 0 Å². The van der Waals surface area contributed by atoms with Gasteiger partial charge < -0.3 is 20.7 Å². The third kappa shape index (κ3) is 4.18. The first-order chi connectivity index (χ1) is 10.1. The summed E-state index contributed by atoms with van der Waals surface area (Å²) < 4.78 is 5.70. The average molecular weight is 297 g/mol. The van der Waals surface area contributed by atoms with E-state index in [1.807, 2.05) is 6.92 Å². The molecule has 0 aromatic heterocycles. The van der Waals surface area contributed by atoms with Crippen molar-refractivity contribution in [1.29, 1.82) is 0 Å². The summed E-state index contributed by atoms with van der Waals surface area (Å²) in [6.07, 6.45) is 5.76. The lowest BCUT2D eigenvalue weighted by Crippen LogP contribution is -2.64. The number of hydrogen-bond acceptors (Lipinski definition) is 4. The molecule has 2 rings (SSSR count). The van der Waals surface area contributed by atoms with Crippen molar-refractivity contribution in [3.63, 3.8) is 0 Å². The zero-order valence-corrected chi connectivity index (χ0v) is 13.6. The number of piperidine rings is 1. The summed E-state index contributed by atoms with van der Waals surface area (Å²) >= 11 is 0. The molecule has 2 aliphatic rings. The van der Waals surface area contributed by atoms with Crippen LogP contribution in [0, 0.1) is 5.92 Å². The molecular formula is C16H31N3O2. The van der Waals surface area contributed by atoms with Crippen LogP contribution in [0.5, 0.6) is 0 Å². The van der Waals surface area contributed by atoms with E-state index in [0.29, 0.717) is 12.0 Å². The number of nitrogens with one attached hydrogen (secondary N) is 1. The van der Waals surface area contributed by atoms with Crippen LogP contribution in [-0.4, -0.2) is 55.2 Å². The molecule has 1 aliphatic heterocycles. The van der Waals surface area contributed by atoms with Gasteiger partial charge in [0, 0.05) is 26.2 Å². The van der Waals surface area contributed by atoms with Gasteiger partial charge in [0.25, 0.3) is 0 Å². The normalized spacial score (nSPS) is 23.9. The summed E-state index contributed by atoms with van der Waals surface area (Å²) in [5.41, 5.74) is 5.27. The van der Waals surface area contributed by atoms with Gasteiger partial charge in [-0.05, 0) is 51.5 Å². The van der Waals surface area contributed by atoms with E-state index in [-0.39, 0.29) is 5.91 Å². The van der Waals surface area contributed by atoms with Crippen LogP contribution < -0.4 is 11.1 Å². The highest BCUT2D eigenvalue weighted by Gasteiger charge is 2.50. The monoisotopic (exact) mass is 297 g/mol. The highest BCUT2D eigenvalue weighted by atomic mass is 16.5. The molecule has 122 valence electrons. The SMILES string of the molecule is CCCNC(CN1CCC(OCC)CC1)(C(N)=O)C1CC1. The quantitative estimate of drug-likeness (QED) is 0.669. The van der Waals surface area contributed by atoms with Crippen molar-refractivity contribution in [1.82, 2.24) is 10.2 Å². The lowest BCUT2D eigenvalue weighted by Gasteiger charge is -2.40. The van der Waals surface area contributed by atoms with Crippen molar-refractivity contribution in [2.75, 3.05) is 32.8 Å². The fourth-order valence-corrected chi connectivity index (χ4v) is 3.44. The summed E-state index contributed by atoms with van der Waals surface area (Å²) in [6.45, 7) is 8.57. The van der Waals surface area contributed by atoms with Gasteiger partial charge in [0.1, 0.15) is 5.54 Å². The minimum Gasteiger partial charge on any atom is -0.378 e. The van der Waals surface area contributed by atoms with Gasteiger partial charge in [-0.25, -0.2) is 0 Å². The van der Waals surface area contributed by atoms with E-state index >= 15 is 0 Å². The van der Waals surface area contributed by atoms with Gasteiger partial charge >= 0.3 is 0 Å². The number of likely N-dealkylation sites (tertiary alicyclic amines) is 1. The largest absolute Gasteiger partial charge is 0.378 e. The number of ether oxygens (including phenoxy) is 1. The second-order valence-electron chi connectivity index (χ2n) is 6.47. The number of amides is 1. The van der Waals surface area contributed by atoms with E-state index in [2.05, 4.69) is 17.1 Å². The summed E-state index contributed by atoms with van der Waals surface area (Å²) in [5.74, 6) is 0.247. The number of primary amides is 1. The van der Waals surface area contributed by atoms with E-state index in [0.717, 1.165) is 64.9 Å². The van der Waals surface area contributed by atoms with Crippen LogP contribution in [0.3, 0.4) is 0 Å². The lowest BCUT2D eigenvalue weighted by molar-refractivity contribution is -0.126. The Hall–Kier alpha value is -0.650. The molecule has 3 N–H and O–H groups in total. The summed E-state index contributed by atoms with van der Waals surface area (Å²) in [7, 11) is 0. The molecule has 2 fully saturated rings. The maximum absolute atomic E-state index is 12.2. The first-order valence-corrected chi connectivity index (χ1v) is 8.51. The van der Waals surface area contributed by atoms with Crippen molar-refractivity contribution in [3.8, 4) is 0 Å². The predicted octanol–water partition coefficient (Wildman–Crippen LogP) is 1.12. The molecule has 1 aliphatic carbocycles. The van der Waals surface area contributed by atoms with E-state index < -0.39 is 5.54 Å². The maximum atomic E-state index is 12.2. The molecule has 1 atom stereocenters. The number of hydrogen-bond donors (Lipinski definition) is 2. The molecule has 0 spiro atoms. The fraction of sp³-hybridized carbons (Fsp3) is 0.938. The van der Waals surface area contributed by atoms with Crippen LogP contribution in [0.2, 0.25) is 0 Å². The Bertz CT molecular complexity index is 338. The molecule has 1 unspecified atom stereocenters. The minimum atomic E-state index is -0.519. The molecule has 5 nitrogen and oxygen atoms in total. The maximum Gasteiger partial charge on any atom is 0.239 e. The van der Waals surface area contributed by atoms with Crippen molar-refractivity contribution in [2.24, 2.45) is 11.7 Å². The van der Waals surface area contributed by atoms with Gasteiger partial charge in [-0.2, -0.15) is 0 Å². The Labute approximate surface area is 128 Å². The standard InChI is InChI=1S/C16H31N3O2/c1-3-9-18-16(15(17)20,13-5-6-13)12-19-10-7-14(8-11-19)21-4-2/h13-14,18H,3-12H2,1-2H3,(H2,17,20). The van der Waals surface area contributed by atoms with Crippen molar-refractivity contribution in [3.05, 3.63) is 0 Å². The minimum absolute atomic E-state index is 0.176. The van der Waals surface area contributed by atoms with Crippen LogP contribution in [0.1, 0.15) is 46.0 Å². The molecule has 1 saturated carbocycles. The van der Waals surface area contributed by atoms with Crippen LogP contribution in [0.25, 0.3) is 0 Å². The van der Waals surface area contributed by atoms with Gasteiger partial charge in [0.15, 0.2) is 0 Å². The highest BCUT2D eigenvalue weighted by Crippen LogP contribution is 2.40. The Kier molecular flexibility index (Phi) is 6.02. The van der Waals surface area contributed by atoms with Gasteiger partial charge in [-0.1, -0.05) is 6.92 Å². The van der Waals surface area contributed by atoms with Crippen molar-refractivity contribution in [2.45, 2.75) is 57.6 Å². The van der Waals surface area contributed by atoms with E-state index in [9.17, 15) is 4.79 Å². The molecular weight excluding hydrogens is 266 g/mol. The summed E-state index contributed by atoms with van der Waals surface area (Å²) in [6, 6.07) is 0. The zero-order valence-electron chi connectivity index (χ0n) is 13.6. The number of nitrogens with zero attached hydrogens (tertiary/aromatic N) is 1. The first-order valence-electron chi connectivity index (χ1n) is 8.51. The Balaban J connectivity index is 1.94. The molecule has 0 bridgehead atoms. The molecule has 0 aromatic rings. The number of nitrogens with two attached hydrogens (primary N) is 1. The molecule has 5 heteroatoms. The average Bonchev–Trinajstić information content (AvgIpc) is 3.30. The Morgan fingerprint density at radius 2 is 1.95 bits per heavy atom. The highest BCUT2D eigenvalue weighted by molar-refractivity contribution is 5.86. The first kappa shape index (κ1) is 16.7. The van der Waals surface area contributed by atoms with Crippen molar-refractivity contribution >= 4 is 5.91 Å². The smallest absolute Gasteiger partial charge is 0.239 e. The van der Waals surface area contributed by atoms with E-state index in [4.69, 9.17) is 10.5 Å². The Morgan fingerprint density at radius 3 is 2.43 bits per heavy atom. The number of carbonyl (C=O) groups is 1. The third-order valence-electron chi connectivity index (χ3n) is 4.81. The van der Waals surface area contributed by atoms with Crippen LogP contribution in [0.15, 0.2) is 0 Å². The summed E-state index contributed by atoms with van der Waals surface area (Å²) in [4.78, 5) is 14.5. The van der Waals surface area contributed by atoms with Gasteiger partial charge in [-0.3, -0.25) is 4.79 Å². The summed E-state index contributed by atoms with van der Waals surface area (Å²) in [5, 5.41) is 3.48. The van der Waals surface area contributed by atoms with Crippen LogP contribution in [0.4, 0.5) is 0 Å². The van der Waals surface area contributed by atoms with E-state index in [1.54, 1.807) is 0 Å². The second kappa shape index (κ2) is 7.56. The molecule has 1 saturated heterocycles. The predicted molar refractivity (Wildman–Crippen MR) is 84.0 cm³/mol. The second-order valence-corrected chi connectivity index (χ2v) is 6.47. The molecule has 0 aromatic carbocycles. The number of rotatable bonds is 9. The third-order valence-corrected chi connectivity index (χ3v) is 4.81.